The van der Waals surface area contributed by atoms with Crippen molar-refractivity contribution in [3.8, 4) is 17.2 Å². The molecule has 0 N–H and O–H groups in total. The van der Waals surface area contributed by atoms with Crippen molar-refractivity contribution in [3.63, 3.8) is 0 Å². The molecule has 3 aromatic carbocycles. The van der Waals surface area contributed by atoms with E-state index in [1.54, 1.807) is 51.7 Å². The lowest BCUT2D eigenvalue weighted by Crippen LogP contribution is -2.38. The Balaban J connectivity index is 2.11. The number of nitrogens with zero attached hydrogens (tertiary/aromatic N) is 2. The first-order chi connectivity index (χ1) is 18.7. The molecular formula is C32H40N2O5S. The van der Waals surface area contributed by atoms with Crippen LogP contribution < -0.4 is 14.2 Å². The van der Waals surface area contributed by atoms with Gasteiger partial charge in [-0.2, -0.15) is 0 Å². The molecule has 7 nitrogen and oxygen atoms in total. The van der Waals surface area contributed by atoms with Gasteiger partial charge in [-0.1, -0.05) is 50.6 Å². The van der Waals surface area contributed by atoms with Crippen LogP contribution in [0.15, 0.2) is 70.6 Å². The molecule has 0 spiro atoms. The van der Waals surface area contributed by atoms with E-state index in [9.17, 15) is 8.42 Å². The van der Waals surface area contributed by atoms with Crippen molar-refractivity contribution < 1.29 is 22.6 Å². The van der Waals surface area contributed by atoms with Gasteiger partial charge in [0.1, 0.15) is 23.3 Å². The van der Waals surface area contributed by atoms with Gasteiger partial charge in [0.15, 0.2) is 5.84 Å². The number of amidine groups is 1. The van der Waals surface area contributed by atoms with E-state index in [1.165, 1.54) is 4.31 Å². The van der Waals surface area contributed by atoms with Crippen LogP contribution in [0.4, 0.5) is 0 Å². The van der Waals surface area contributed by atoms with Gasteiger partial charge >= 0.3 is 0 Å². The zero-order valence-corrected chi connectivity index (χ0v) is 25.7. The number of benzene rings is 3. The lowest BCUT2D eigenvalue weighted by molar-refractivity contribution is 0.287. The molecule has 0 radical (unpaired) electrons. The first-order valence-electron chi connectivity index (χ1n) is 13.3. The summed E-state index contributed by atoms with van der Waals surface area (Å²) in [6, 6.07) is 17.2. The molecule has 0 aromatic heterocycles. The molecule has 0 saturated carbocycles. The molecule has 3 aromatic rings. The van der Waals surface area contributed by atoms with Crippen molar-refractivity contribution in [1.29, 1.82) is 0 Å². The molecule has 1 aliphatic heterocycles. The number of fused-ring (bicyclic) bond motifs is 1. The van der Waals surface area contributed by atoms with Gasteiger partial charge in [-0.25, -0.2) is 12.7 Å². The van der Waals surface area contributed by atoms with Gasteiger partial charge < -0.3 is 14.2 Å². The van der Waals surface area contributed by atoms with Crippen LogP contribution in [0.1, 0.15) is 69.3 Å². The largest absolute Gasteiger partial charge is 0.497 e. The summed E-state index contributed by atoms with van der Waals surface area (Å²) in [4.78, 5) is 5.41. The summed E-state index contributed by atoms with van der Waals surface area (Å²) in [5.74, 6) is 2.09. The van der Waals surface area contributed by atoms with Crippen LogP contribution >= 0.6 is 0 Å². The van der Waals surface area contributed by atoms with E-state index in [0.29, 0.717) is 34.2 Å². The van der Waals surface area contributed by atoms with Crippen LogP contribution in [0.3, 0.4) is 0 Å². The molecule has 0 aliphatic carbocycles. The Morgan fingerprint density at radius 3 is 1.90 bits per heavy atom. The maximum absolute atomic E-state index is 14.6. The van der Waals surface area contributed by atoms with Crippen LogP contribution in [0.5, 0.6) is 17.2 Å². The normalized spacial score (nSPS) is 16.7. The predicted octanol–water partition coefficient (Wildman–Crippen LogP) is 6.78. The molecule has 8 heteroatoms. The van der Waals surface area contributed by atoms with Crippen LogP contribution in [0.25, 0.3) is 0 Å². The second-order valence-electron chi connectivity index (χ2n) is 12.0. The number of rotatable bonds is 8. The van der Waals surface area contributed by atoms with E-state index < -0.39 is 21.6 Å². The van der Waals surface area contributed by atoms with Crippen molar-refractivity contribution in [1.82, 2.24) is 4.31 Å². The summed E-state index contributed by atoms with van der Waals surface area (Å²) in [5.41, 5.74) is 2.40. The molecular weight excluding hydrogens is 524 g/mol. The molecule has 1 aliphatic rings. The van der Waals surface area contributed by atoms with Gasteiger partial charge in [0, 0.05) is 5.56 Å². The highest BCUT2D eigenvalue weighted by Crippen LogP contribution is 2.50. The Labute approximate surface area is 238 Å². The van der Waals surface area contributed by atoms with Gasteiger partial charge in [0.25, 0.3) is 10.0 Å². The van der Waals surface area contributed by atoms with Crippen LogP contribution in [0.2, 0.25) is 0 Å². The Morgan fingerprint density at radius 2 is 1.38 bits per heavy atom. The molecule has 0 bridgehead atoms. The number of hydrogen-bond donors (Lipinski definition) is 0. The zero-order chi connectivity index (χ0) is 29.5. The maximum Gasteiger partial charge on any atom is 0.266 e. The summed E-state index contributed by atoms with van der Waals surface area (Å²) < 4.78 is 47.8. The molecule has 1 heterocycles. The second kappa shape index (κ2) is 10.8. The third-order valence-corrected chi connectivity index (χ3v) is 8.70. The van der Waals surface area contributed by atoms with Gasteiger partial charge in [-0.3, -0.25) is 4.99 Å². The third-order valence-electron chi connectivity index (χ3n) is 6.93. The monoisotopic (exact) mass is 564 g/mol. The van der Waals surface area contributed by atoms with Gasteiger partial charge in [0.05, 0.1) is 37.3 Å². The average molecular weight is 565 g/mol. The molecule has 0 fully saturated rings. The highest BCUT2D eigenvalue weighted by molar-refractivity contribution is 7.89. The summed E-state index contributed by atoms with van der Waals surface area (Å²) in [6.45, 7) is 12.5. The number of aryl methyl sites for hydroxylation is 1. The van der Waals surface area contributed by atoms with E-state index in [-0.39, 0.29) is 10.3 Å². The van der Waals surface area contributed by atoms with Gasteiger partial charge in [-0.15, -0.1) is 0 Å². The van der Waals surface area contributed by atoms with Crippen molar-refractivity contribution in [3.05, 3.63) is 82.9 Å². The first kappa shape index (κ1) is 29.5. The molecule has 1 atom stereocenters. The fourth-order valence-electron chi connectivity index (χ4n) is 5.67. The number of aliphatic imine (C=N–C) groups is 1. The van der Waals surface area contributed by atoms with Crippen molar-refractivity contribution >= 4 is 15.9 Å². The van der Waals surface area contributed by atoms with E-state index in [1.807, 2.05) is 51.1 Å². The lowest BCUT2D eigenvalue weighted by atomic mass is 9.82. The minimum absolute atomic E-state index is 0.0382. The molecule has 4 rings (SSSR count). The van der Waals surface area contributed by atoms with E-state index >= 15 is 0 Å². The minimum Gasteiger partial charge on any atom is -0.497 e. The summed E-state index contributed by atoms with van der Waals surface area (Å²) >= 11 is 0. The second-order valence-corrected chi connectivity index (χ2v) is 13.8. The van der Waals surface area contributed by atoms with Gasteiger partial charge in [-0.05, 0) is 74.6 Å². The van der Waals surface area contributed by atoms with E-state index in [0.717, 1.165) is 17.5 Å². The fourth-order valence-corrected chi connectivity index (χ4v) is 7.25. The number of ether oxygens (including phenoxy) is 3. The van der Waals surface area contributed by atoms with Crippen molar-refractivity contribution in [2.24, 2.45) is 10.4 Å². The Kier molecular flexibility index (Phi) is 7.96. The Morgan fingerprint density at radius 1 is 0.800 bits per heavy atom. The summed E-state index contributed by atoms with van der Waals surface area (Å²) in [6.07, 6.45) is 0.733. The van der Waals surface area contributed by atoms with E-state index in [4.69, 9.17) is 19.2 Å². The van der Waals surface area contributed by atoms with E-state index in [2.05, 4.69) is 20.8 Å². The first-order valence-corrected chi connectivity index (χ1v) is 14.8. The number of methoxy groups -OCH3 is 3. The van der Waals surface area contributed by atoms with Crippen LogP contribution in [0, 0.1) is 12.3 Å². The Hall–Kier alpha value is -3.52. The molecule has 1 unspecified atom stereocenters. The van der Waals surface area contributed by atoms with Crippen LogP contribution in [-0.4, -0.2) is 45.4 Å². The molecule has 214 valence electrons. The number of hydrogen-bond acceptors (Lipinski definition) is 6. The standard InChI is InChI=1S/C32H40N2O5S/c1-21-10-16-24(17-11-21)40(35,36)34-29(22-12-14-23(37-7)15-13-22)27-25(38-8)18-19-26(39-9)28(27)30(34)33-32(5,6)20-31(2,3)4/h10-19,29H,20H2,1-9H3. The SMILES string of the molecule is COc1ccc(C2c3c(OC)ccc(OC)c3C(=NC(C)(C)CC(C)(C)C)N2S(=O)(=O)c2ccc(C)cc2)cc1. The third kappa shape index (κ3) is 5.68. The number of sulfonamides is 1. The minimum atomic E-state index is -4.09. The smallest absolute Gasteiger partial charge is 0.266 e. The summed E-state index contributed by atoms with van der Waals surface area (Å²) in [7, 11) is 0.681. The average Bonchev–Trinajstić information content (AvgIpc) is 3.22. The van der Waals surface area contributed by atoms with Crippen LogP contribution in [-0.2, 0) is 10.0 Å². The lowest BCUT2D eigenvalue weighted by Gasteiger charge is -2.32. The molecule has 0 amide bonds. The zero-order valence-electron chi connectivity index (χ0n) is 24.9. The summed E-state index contributed by atoms with van der Waals surface area (Å²) in [5, 5.41) is 0. The predicted molar refractivity (Wildman–Crippen MR) is 159 cm³/mol. The topological polar surface area (TPSA) is 77.4 Å². The molecule has 0 saturated heterocycles. The van der Waals surface area contributed by atoms with Gasteiger partial charge in [0.2, 0.25) is 0 Å². The maximum atomic E-state index is 14.6. The quantitative estimate of drug-likeness (QED) is 0.302. The highest BCUT2D eigenvalue weighted by Gasteiger charge is 2.48. The fraction of sp³-hybridized carbons (Fsp3) is 0.406. The molecule has 40 heavy (non-hydrogen) atoms. The van der Waals surface area contributed by atoms with Crippen molar-refractivity contribution in [2.45, 2.75) is 64.4 Å². The Bertz CT molecular complexity index is 1500. The van der Waals surface area contributed by atoms with Crippen molar-refractivity contribution in [2.75, 3.05) is 21.3 Å². The highest BCUT2D eigenvalue weighted by atomic mass is 32.2.